The summed E-state index contributed by atoms with van der Waals surface area (Å²) in [4.78, 5) is 2.38. The van der Waals surface area contributed by atoms with Crippen molar-refractivity contribution in [2.75, 3.05) is 33.2 Å². The van der Waals surface area contributed by atoms with Gasteiger partial charge in [0.2, 0.25) is 10.0 Å². The smallest absolute Gasteiger partial charge is 0.457 e. The van der Waals surface area contributed by atoms with Crippen LogP contribution in [0.15, 0.2) is 47.4 Å². The summed E-state index contributed by atoms with van der Waals surface area (Å²) in [7, 11) is -2.38. The number of rotatable bonds is 4. The number of likely N-dealkylation sites (N-methyl/N-ethyl adjacent to an activating group) is 1. The maximum Gasteiger partial charge on any atom is 0.491 e. The van der Waals surface area contributed by atoms with E-state index < -0.39 is 17.1 Å². The van der Waals surface area contributed by atoms with Gasteiger partial charge in [-0.3, -0.25) is 0 Å². The normalized spacial score (nSPS) is 18.5. The Bertz CT molecular complexity index is 927. The van der Waals surface area contributed by atoms with Gasteiger partial charge in [-0.15, -0.1) is 0 Å². The van der Waals surface area contributed by atoms with E-state index >= 15 is 0 Å². The predicted octanol–water partition coefficient (Wildman–Crippen LogP) is 0.633. The van der Waals surface area contributed by atoms with Crippen molar-refractivity contribution in [2.24, 2.45) is 0 Å². The van der Waals surface area contributed by atoms with E-state index in [1.165, 1.54) is 4.31 Å². The molecule has 27 heavy (non-hydrogen) atoms. The SMILES string of the molecule is CN1CCN(S(=O)(=O)c2ccc(Oc3ccc4c(c3)COB4O)cc2)CC1. The van der Waals surface area contributed by atoms with Crippen LogP contribution in [0, 0.1) is 0 Å². The maximum absolute atomic E-state index is 12.8. The molecule has 7 nitrogen and oxygen atoms in total. The minimum absolute atomic E-state index is 0.268. The molecule has 0 aromatic heterocycles. The van der Waals surface area contributed by atoms with Crippen LogP contribution in [0.4, 0.5) is 0 Å². The molecule has 0 unspecified atom stereocenters. The van der Waals surface area contributed by atoms with Crippen molar-refractivity contribution in [2.45, 2.75) is 11.5 Å². The molecule has 0 saturated carbocycles. The highest BCUT2D eigenvalue weighted by molar-refractivity contribution is 7.89. The van der Waals surface area contributed by atoms with Gasteiger partial charge in [0, 0.05) is 26.2 Å². The number of benzene rings is 2. The van der Waals surface area contributed by atoms with Crippen LogP contribution in [0.5, 0.6) is 11.5 Å². The third-order valence-corrected chi connectivity index (χ3v) is 6.85. The first kappa shape index (κ1) is 18.5. The van der Waals surface area contributed by atoms with Crippen molar-refractivity contribution in [1.82, 2.24) is 9.21 Å². The predicted molar refractivity (Wildman–Crippen MR) is 102 cm³/mol. The molecule has 142 valence electrons. The molecule has 2 aromatic rings. The maximum atomic E-state index is 12.8. The fourth-order valence-electron chi connectivity index (χ4n) is 3.26. The summed E-state index contributed by atoms with van der Waals surface area (Å²) >= 11 is 0. The summed E-state index contributed by atoms with van der Waals surface area (Å²) in [6, 6.07) is 11.8. The molecule has 0 radical (unpaired) electrons. The molecule has 0 spiro atoms. The second kappa shape index (κ2) is 7.25. The number of sulfonamides is 1. The molecule has 2 aliphatic heterocycles. The van der Waals surface area contributed by atoms with Gasteiger partial charge in [0.25, 0.3) is 0 Å². The minimum atomic E-state index is -3.48. The lowest BCUT2D eigenvalue weighted by molar-refractivity contribution is 0.222. The first-order valence-corrected chi connectivity index (χ1v) is 10.3. The summed E-state index contributed by atoms with van der Waals surface area (Å²) in [5.74, 6) is 1.16. The second-order valence-electron chi connectivity index (χ2n) is 6.80. The Morgan fingerprint density at radius 2 is 1.70 bits per heavy atom. The Labute approximate surface area is 159 Å². The van der Waals surface area contributed by atoms with Crippen LogP contribution in [0.1, 0.15) is 5.56 Å². The molecule has 9 heteroatoms. The van der Waals surface area contributed by atoms with Crippen molar-refractivity contribution in [1.29, 1.82) is 0 Å². The van der Waals surface area contributed by atoms with Gasteiger partial charge < -0.3 is 19.3 Å². The van der Waals surface area contributed by atoms with Gasteiger partial charge in [-0.05, 0) is 54.5 Å². The summed E-state index contributed by atoms with van der Waals surface area (Å²) in [5.41, 5.74) is 1.63. The Hall–Kier alpha value is -1.91. The van der Waals surface area contributed by atoms with E-state index in [9.17, 15) is 13.4 Å². The van der Waals surface area contributed by atoms with Gasteiger partial charge in [0.15, 0.2) is 0 Å². The molecule has 0 atom stereocenters. The second-order valence-corrected chi connectivity index (χ2v) is 8.74. The number of hydrogen-bond acceptors (Lipinski definition) is 6. The standard InChI is InChI=1S/C18H21BN2O5S/c1-20-8-10-21(11-9-20)27(23,24)17-5-2-15(3-6-17)26-16-4-7-18-14(12-16)13-25-19(18)22/h2-7,12,22H,8-11,13H2,1H3. The van der Waals surface area contributed by atoms with E-state index in [4.69, 9.17) is 9.39 Å². The van der Waals surface area contributed by atoms with Crippen molar-refractivity contribution >= 4 is 22.6 Å². The molecule has 4 rings (SSSR count). The first-order valence-electron chi connectivity index (χ1n) is 8.82. The van der Waals surface area contributed by atoms with Gasteiger partial charge in [-0.1, -0.05) is 6.07 Å². The van der Waals surface area contributed by atoms with Crippen molar-refractivity contribution in [3.8, 4) is 11.5 Å². The van der Waals surface area contributed by atoms with Gasteiger partial charge in [0.1, 0.15) is 11.5 Å². The molecule has 0 bridgehead atoms. The average Bonchev–Trinajstić information content (AvgIpc) is 3.03. The molecule has 0 amide bonds. The molecule has 1 saturated heterocycles. The lowest BCUT2D eigenvalue weighted by Crippen LogP contribution is -2.46. The van der Waals surface area contributed by atoms with E-state index in [-0.39, 0.29) is 4.90 Å². The highest BCUT2D eigenvalue weighted by Crippen LogP contribution is 2.26. The van der Waals surface area contributed by atoms with Crippen molar-refractivity contribution in [3.63, 3.8) is 0 Å². The molecule has 1 N–H and O–H groups in total. The largest absolute Gasteiger partial charge is 0.491 e. The Morgan fingerprint density at radius 1 is 1.04 bits per heavy atom. The summed E-state index contributed by atoms with van der Waals surface area (Å²) in [6.45, 7) is 2.81. The highest BCUT2D eigenvalue weighted by atomic mass is 32.2. The van der Waals surface area contributed by atoms with Crippen LogP contribution in [0.2, 0.25) is 0 Å². The monoisotopic (exact) mass is 388 g/mol. The lowest BCUT2D eigenvalue weighted by atomic mass is 9.80. The molecular formula is C18H21BN2O5S. The van der Waals surface area contributed by atoms with Crippen LogP contribution >= 0.6 is 0 Å². The number of hydrogen-bond donors (Lipinski definition) is 1. The van der Waals surface area contributed by atoms with Gasteiger partial charge in [-0.25, -0.2) is 8.42 Å². The third kappa shape index (κ3) is 3.74. The van der Waals surface area contributed by atoms with E-state index in [1.54, 1.807) is 36.4 Å². The van der Waals surface area contributed by atoms with Crippen LogP contribution in [0.25, 0.3) is 0 Å². The number of ether oxygens (including phenoxy) is 1. The number of nitrogens with zero attached hydrogens (tertiary/aromatic N) is 2. The van der Waals surface area contributed by atoms with Crippen LogP contribution < -0.4 is 10.2 Å². The van der Waals surface area contributed by atoms with E-state index in [1.807, 2.05) is 13.1 Å². The van der Waals surface area contributed by atoms with Crippen LogP contribution in [-0.2, 0) is 21.3 Å². The summed E-state index contributed by atoms with van der Waals surface area (Å²) in [6.07, 6.45) is 0. The zero-order valence-corrected chi connectivity index (χ0v) is 15.9. The van der Waals surface area contributed by atoms with E-state index in [2.05, 4.69) is 4.90 Å². The van der Waals surface area contributed by atoms with Crippen molar-refractivity contribution < 1.29 is 22.8 Å². The zero-order chi connectivity index (χ0) is 19.0. The number of piperazine rings is 1. The highest BCUT2D eigenvalue weighted by Gasteiger charge is 2.28. The topological polar surface area (TPSA) is 79.3 Å². The van der Waals surface area contributed by atoms with Gasteiger partial charge in [0.05, 0.1) is 11.5 Å². The molecular weight excluding hydrogens is 367 g/mol. The van der Waals surface area contributed by atoms with Crippen LogP contribution in [-0.4, -0.2) is 63.0 Å². The molecule has 2 aliphatic rings. The van der Waals surface area contributed by atoms with Gasteiger partial charge in [-0.2, -0.15) is 4.31 Å². The zero-order valence-electron chi connectivity index (χ0n) is 15.0. The Kier molecular flexibility index (Phi) is 4.96. The summed E-state index contributed by atoms with van der Waals surface area (Å²) in [5, 5.41) is 9.66. The first-order chi connectivity index (χ1) is 12.9. The fraction of sp³-hybridized carbons (Fsp3) is 0.333. The average molecular weight is 388 g/mol. The Morgan fingerprint density at radius 3 is 2.41 bits per heavy atom. The molecule has 2 aromatic carbocycles. The van der Waals surface area contributed by atoms with E-state index in [0.717, 1.165) is 24.1 Å². The molecule has 1 fully saturated rings. The molecule has 2 heterocycles. The number of fused-ring (bicyclic) bond motifs is 1. The van der Waals surface area contributed by atoms with Crippen molar-refractivity contribution in [3.05, 3.63) is 48.0 Å². The minimum Gasteiger partial charge on any atom is -0.457 e. The lowest BCUT2D eigenvalue weighted by Gasteiger charge is -2.31. The Balaban J connectivity index is 1.48. The fourth-order valence-corrected chi connectivity index (χ4v) is 4.69. The quantitative estimate of drug-likeness (QED) is 0.775. The molecule has 0 aliphatic carbocycles. The van der Waals surface area contributed by atoms with Crippen LogP contribution in [0.3, 0.4) is 0 Å². The third-order valence-electron chi connectivity index (χ3n) is 4.94. The van der Waals surface area contributed by atoms with E-state index in [0.29, 0.717) is 31.2 Å². The van der Waals surface area contributed by atoms with Gasteiger partial charge >= 0.3 is 7.12 Å². The summed E-state index contributed by atoms with van der Waals surface area (Å²) < 4.78 is 38.0.